The molecule has 2 N–H and O–H groups in total. The van der Waals surface area contributed by atoms with E-state index in [1.807, 2.05) is 13.8 Å². The second-order valence-corrected chi connectivity index (χ2v) is 5.88. The van der Waals surface area contributed by atoms with Crippen LogP contribution in [0.3, 0.4) is 0 Å². The quantitative estimate of drug-likeness (QED) is 0.476. The molecule has 22 heavy (non-hydrogen) atoms. The summed E-state index contributed by atoms with van der Waals surface area (Å²) in [5, 5.41) is 6.27. The number of fused-ring (bicyclic) bond motifs is 1. The topological polar surface area (TPSA) is 89.0 Å². The second kappa shape index (κ2) is 7.26. The molecule has 1 heterocycles. The predicted molar refractivity (Wildman–Crippen MR) is 83.8 cm³/mol. The van der Waals surface area contributed by atoms with E-state index in [0.29, 0.717) is 23.6 Å². The predicted octanol–water partition coefficient (Wildman–Crippen LogP) is 1.40. The fraction of sp³-hybridized carbons (Fsp3) is 0.357. The van der Waals surface area contributed by atoms with Crippen molar-refractivity contribution < 1.29 is 19.1 Å². The number of rotatable bonds is 4. The Kier molecular flexibility index (Phi) is 5.37. The summed E-state index contributed by atoms with van der Waals surface area (Å²) in [6.45, 7) is 4.49. The molecule has 1 aromatic carbocycles. The smallest absolute Gasteiger partial charge is 0.329 e. The molecular weight excluding hydrogens is 354 g/mol. The van der Waals surface area contributed by atoms with Crippen LogP contribution < -0.4 is 20.2 Å². The minimum Gasteiger partial charge on any atom is -0.454 e. The summed E-state index contributed by atoms with van der Waals surface area (Å²) in [4.78, 5) is 23.0. The van der Waals surface area contributed by atoms with Crippen molar-refractivity contribution in [1.82, 2.24) is 10.7 Å². The van der Waals surface area contributed by atoms with E-state index in [1.165, 1.54) is 6.21 Å². The van der Waals surface area contributed by atoms with E-state index in [1.54, 1.807) is 12.1 Å². The van der Waals surface area contributed by atoms with Crippen molar-refractivity contribution in [3.8, 4) is 11.5 Å². The summed E-state index contributed by atoms with van der Waals surface area (Å²) in [6.07, 6.45) is 1.42. The third kappa shape index (κ3) is 4.20. The van der Waals surface area contributed by atoms with Gasteiger partial charge in [0.1, 0.15) is 0 Å². The maximum Gasteiger partial charge on any atom is 0.329 e. The molecule has 0 atom stereocenters. The van der Waals surface area contributed by atoms with Crippen LogP contribution in [0, 0.1) is 5.92 Å². The minimum absolute atomic E-state index is 0.176. The van der Waals surface area contributed by atoms with Gasteiger partial charge >= 0.3 is 11.8 Å². The SMILES string of the molecule is CC(C)CNC(=O)C(=O)N/N=C\c1cc2c(cc1Br)OCO2. The lowest BCUT2D eigenvalue weighted by molar-refractivity contribution is -0.139. The number of ether oxygens (including phenoxy) is 2. The first kappa shape index (κ1) is 16.3. The van der Waals surface area contributed by atoms with Crippen molar-refractivity contribution in [2.75, 3.05) is 13.3 Å². The molecule has 0 saturated carbocycles. The summed E-state index contributed by atoms with van der Waals surface area (Å²) < 4.78 is 11.2. The standard InChI is InChI=1S/C14H16BrN3O4/c1-8(2)5-16-13(19)14(20)18-17-6-9-3-11-12(4-10(9)15)22-7-21-11/h3-4,6,8H,5,7H2,1-2H3,(H,16,19)(H,18,20)/b17-6-. The zero-order chi connectivity index (χ0) is 16.1. The van der Waals surface area contributed by atoms with Crippen molar-refractivity contribution in [1.29, 1.82) is 0 Å². The van der Waals surface area contributed by atoms with E-state index >= 15 is 0 Å². The van der Waals surface area contributed by atoms with E-state index in [0.717, 1.165) is 4.47 Å². The molecular formula is C14H16BrN3O4. The van der Waals surface area contributed by atoms with Gasteiger partial charge in [-0.2, -0.15) is 5.10 Å². The van der Waals surface area contributed by atoms with Crippen molar-refractivity contribution in [3.05, 3.63) is 22.2 Å². The average Bonchev–Trinajstić information content (AvgIpc) is 2.91. The molecule has 0 radical (unpaired) electrons. The first-order valence-electron chi connectivity index (χ1n) is 6.67. The van der Waals surface area contributed by atoms with Gasteiger partial charge in [0, 0.05) is 16.6 Å². The Morgan fingerprint density at radius 2 is 2.00 bits per heavy atom. The third-order valence-corrected chi connectivity index (χ3v) is 3.43. The van der Waals surface area contributed by atoms with Crippen LogP contribution in [0.25, 0.3) is 0 Å². The summed E-state index contributed by atoms with van der Waals surface area (Å²) >= 11 is 3.37. The van der Waals surface area contributed by atoms with Crippen LogP contribution in [0.2, 0.25) is 0 Å². The van der Waals surface area contributed by atoms with E-state index in [-0.39, 0.29) is 12.7 Å². The number of nitrogens with one attached hydrogen (secondary N) is 2. The Morgan fingerprint density at radius 3 is 2.68 bits per heavy atom. The van der Waals surface area contributed by atoms with Crippen LogP contribution in [0.1, 0.15) is 19.4 Å². The maximum atomic E-state index is 11.5. The molecule has 2 amide bonds. The fourth-order valence-electron chi connectivity index (χ4n) is 1.62. The van der Waals surface area contributed by atoms with Gasteiger partial charge in [-0.25, -0.2) is 5.43 Å². The summed E-state index contributed by atoms with van der Waals surface area (Å²) in [7, 11) is 0. The molecule has 0 saturated heterocycles. The van der Waals surface area contributed by atoms with Gasteiger partial charge in [0.2, 0.25) is 6.79 Å². The number of hydrogen-bond donors (Lipinski definition) is 2. The largest absolute Gasteiger partial charge is 0.454 e. The molecule has 8 heteroatoms. The molecule has 1 aliphatic rings. The average molecular weight is 370 g/mol. The molecule has 0 aromatic heterocycles. The molecule has 0 bridgehead atoms. The summed E-state index contributed by atoms with van der Waals surface area (Å²) in [5.41, 5.74) is 2.86. The zero-order valence-corrected chi connectivity index (χ0v) is 13.8. The van der Waals surface area contributed by atoms with Gasteiger partial charge in [0.05, 0.1) is 6.21 Å². The number of halogens is 1. The zero-order valence-electron chi connectivity index (χ0n) is 12.2. The lowest BCUT2D eigenvalue weighted by Gasteiger charge is -2.06. The lowest BCUT2D eigenvalue weighted by atomic mass is 10.2. The van der Waals surface area contributed by atoms with E-state index in [4.69, 9.17) is 9.47 Å². The number of amides is 2. The van der Waals surface area contributed by atoms with Gasteiger partial charge in [-0.15, -0.1) is 0 Å². The van der Waals surface area contributed by atoms with Crippen LogP contribution in [0.4, 0.5) is 0 Å². The maximum absolute atomic E-state index is 11.5. The highest BCUT2D eigenvalue weighted by molar-refractivity contribution is 9.10. The number of hydrazone groups is 1. The first-order chi connectivity index (χ1) is 10.5. The number of nitrogens with zero attached hydrogens (tertiary/aromatic N) is 1. The summed E-state index contributed by atoms with van der Waals surface area (Å²) in [6, 6.07) is 3.47. The Hall–Kier alpha value is -2.09. The highest BCUT2D eigenvalue weighted by Gasteiger charge is 2.16. The van der Waals surface area contributed by atoms with Crippen molar-refractivity contribution >= 4 is 34.0 Å². The number of carbonyl (C=O) groups is 2. The lowest BCUT2D eigenvalue weighted by Crippen LogP contribution is -2.39. The molecule has 7 nitrogen and oxygen atoms in total. The molecule has 0 fully saturated rings. The number of benzene rings is 1. The Bertz CT molecular complexity index is 616. The monoisotopic (exact) mass is 369 g/mol. The fourth-order valence-corrected chi connectivity index (χ4v) is 2.04. The van der Waals surface area contributed by atoms with Gasteiger partial charge in [0.25, 0.3) is 0 Å². The molecule has 0 spiro atoms. The normalized spacial score (nSPS) is 12.7. The molecule has 0 aliphatic carbocycles. The molecule has 2 rings (SSSR count). The van der Waals surface area contributed by atoms with E-state index < -0.39 is 11.8 Å². The van der Waals surface area contributed by atoms with Crippen LogP contribution in [0.5, 0.6) is 11.5 Å². The third-order valence-electron chi connectivity index (χ3n) is 2.74. The van der Waals surface area contributed by atoms with Crippen LogP contribution in [0.15, 0.2) is 21.7 Å². The Morgan fingerprint density at radius 1 is 1.32 bits per heavy atom. The van der Waals surface area contributed by atoms with Gasteiger partial charge < -0.3 is 14.8 Å². The van der Waals surface area contributed by atoms with Gasteiger partial charge in [-0.3, -0.25) is 9.59 Å². The highest BCUT2D eigenvalue weighted by Crippen LogP contribution is 2.36. The van der Waals surface area contributed by atoms with Gasteiger partial charge in [-0.05, 0) is 34.0 Å². The Labute approximate surface area is 136 Å². The van der Waals surface area contributed by atoms with E-state index in [9.17, 15) is 9.59 Å². The first-order valence-corrected chi connectivity index (χ1v) is 7.47. The van der Waals surface area contributed by atoms with Crippen LogP contribution >= 0.6 is 15.9 Å². The Balaban J connectivity index is 1.92. The molecule has 1 aliphatic heterocycles. The van der Waals surface area contributed by atoms with Crippen molar-refractivity contribution in [2.24, 2.45) is 11.0 Å². The van der Waals surface area contributed by atoms with Crippen LogP contribution in [-0.2, 0) is 9.59 Å². The second-order valence-electron chi connectivity index (χ2n) is 5.03. The number of carbonyl (C=O) groups excluding carboxylic acids is 2. The van der Waals surface area contributed by atoms with Gasteiger partial charge in [0.15, 0.2) is 11.5 Å². The highest BCUT2D eigenvalue weighted by atomic mass is 79.9. The van der Waals surface area contributed by atoms with E-state index in [2.05, 4.69) is 31.8 Å². The molecule has 0 unspecified atom stereocenters. The minimum atomic E-state index is -0.811. The van der Waals surface area contributed by atoms with Crippen molar-refractivity contribution in [2.45, 2.75) is 13.8 Å². The van der Waals surface area contributed by atoms with Crippen LogP contribution in [-0.4, -0.2) is 31.4 Å². The van der Waals surface area contributed by atoms with Crippen molar-refractivity contribution in [3.63, 3.8) is 0 Å². The molecule has 118 valence electrons. The molecule has 1 aromatic rings. The summed E-state index contributed by atoms with van der Waals surface area (Å²) in [5.74, 6) is -0.0130. The number of hydrogen-bond acceptors (Lipinski definition) is 5. The van der Waals surface area contributed by atoms with Gasteiger partial charge in [-0.1, -0.05) is 13.8 Å².